The second-order valence-electron chi connectivity index (χ2n) is 2.41. The molecule has 2 nitrogen and oxygen atoms in total. The summed E-state index contributed by atoms with van der Waals surface area (Å²) in [5.41, 5.74) is 2.07. The van der Waals surface area contributed by atoms with E-state index in [0.717, 1.165) is 15.5 Å². The summed E-state index contributed by atoms with van der Waals surface area (Å²) in [6, 6.07) is 4.17. The molecule has 0 spiro atoms. The molecule has 0 amide bonds. The summed E-state index contributed by atoms with van der Waals surface area (Å²) in [4.78, 5) is 8.50. The first-order chi connectivity index (χ1) is 5.81. The van der Waals surface area contributed by atoms with Crippen molar-refractivity contribution in [2.24, 2.45) is 0 Å². The van der Waals surface area contributed by atoms with E-state index in [1.54, 1.807) is 18.1 Å². The summed E-state index contributed by atoms with van der Waals surface area (Å²) in [5.74, 6) is 0. The Morgan fingerprint density at radius 2 is 2.33 bits per heavy atom. The Morgan fingerprint density at radius 3 is 3.08 bits per heavy atom. The number of hydrogen-bond donors (Lipinski definition) is 1. The minimum Gasteiger partial charge on any atom is -0.345 e. The van der Waals surface area contributed by atoms with Gasteiger partial charge in [0.25, 0.3) is 0 Å². The van der Waals surface area contributed by atoms with Crippen LogP contribution in [0.25, 0.3) is 11.0 Å². The molecule has 2 aromatic rings. The molecule has 1 aromatic carbocycles. The molecule has 0 saturated carbocycles. The summed E-state index contributed by atoms with van der Waals surface area (Å²) < 4.78 is 1.05. The summed E-state index contributed by atoms with van der Waals surface area (Å²) in [6.07, 6.45) is 3.77. The predicted octanol–water partition coefficient (Wildman–Crippen LogP) is 3.05. The number of halogens is 1. The molecule has 1 heterocycles. The molecule has 0 aliphatic carbocycles. The molecule has 0 atom stereocenters. The first kappa shape index (κ1) is 8.13. The Bertz CT molecular complexity index is 410. The molecule has 0 bridgehead atoms. The van der Waals surface area contributed by atoms with E-state index in [1.807, 2.05) is 0 Å². The van der Waals surface area contributed by atoms with Gasteiger partial charge in [0.1, 0.15) is 5.52 Å². The highest BCUT2D eigenvalue weighted by atomic mass is 79.9. The van der Waals surface area contributed by atoms with Gasteiger partial charge >= 0.3 is 0 Å². The van der Waals surface area contributed by atoms with E-state index < -0.39 is 0 Å². The number of H-pyrrole nitrogens is 1. The van der Waals surface area contributed by atoms with Crippen molar-refractivity contribution in [2.75, 3.05) is 6.26 Å². The van der Waals surface area contributed by atoms with Gasteiger partial charge in [-0.1, -0.05) is 0 Å². The van der Waals surface area contributed by atoms with E-state index >= 15 is 0 Å². The third-order valence-corrected chi connectivity index (χ3v) is 3.00. The Kier molecular flexibility index (Phi) is 2.11. The van der Waals surface area contributed by atoms with Gasteiger partial charge in [-0.05, 0) is 34.3 Å². The van der Waals surface area contributed by atoms with E-state index in [9.17, 15) is 0 Å². The number of hydrogen-bond acceptors (Lipinski definition) is 2. The molecule has 0 fully saturated rings. The van der Waals surface area contributed by atoms with Crippen molar-refractivity contribution in [1.82, 2.24) is 9.97 Å². The zero-order chi connectivity index (χ0) is 8.55. The number of aromatic amines is 1. The van der Waals surface area contributed by atoms with Crippen molar-refractivity contribution >= 4 is 38.7 Å². The van der Waals surface area contributed by atoms with E-state index in [-0.39, 0.29) is 0 Å². The quantitative estimate of drug-likeness (QED) is 0.780. The standard InChI is InChI=1S/C8H7BrN2S/c1-12-5-2-6(9)8-7(3-5)10-4-11-8/h2-4H,1H3,(H,10,11). The molecule has 4 heteroatoms. The Balaban J connectivity index is 2.75. The Morgan fingerprint density at radius 1 is 1.50 bits per heavy atom. The van der Waals surface area contributed by atoms with Gasteiger partial charge in [0.15, 0.2) is 0 Å². The summed E-state index contributed by atoms with van der Waals surface area (Å²) >= 11 is 5.20. The van der Waals surface area contributed by atoms with Gasteiger partial charge in [-0.2, -0.15) is 0 Å². The van der Waals surface area contributed by atoms with Crippen LogP contribution in [-0.2, 0) is 0 Å². The lowest BCUT2D eigenvalue weighted by Crippen LogP contribution is -1.75. The van der Waals surface area contributed by atoms with Crippen LogP contribution in [0.1, 0.15) is 0 Å². The molecule has 1 aromatic heterocycles. The monoisotopic (exact) mass is 242 g/mol. The fourth-order valence-corrected chi connectivity index (χ4v) is 2.29. The number of benzene rings is 1. The third kappa shape index (κ3) is 1.25. The summed E-state index contributed by atoms with van der Waals surface area (Å²) in [6.45, 7) is 0. The Labute approximate surface area is 82.9 Å². The largest absolute Gasteiger partial charge is 0.345 e. The number of nitrogens with one attached hydrogen (secondary N) is 1. The maximum Gasteiger partial charge on any atom is 0.102 e. The number of rotatable bonds is 1. The van der Waals surface area contributed by atoms with Crippen molar-refractivity contribution in [3.8, 4) is 0 Å². The molecule has 0 aliphatic rings. The third-order valence-electron chi connectivity index (χ3n) is 1.69. The number of thioether (sulfide) groups is 1. The van der Waals surface area contributed by atoms with Gasteiger partial charge in [-0.3, -0.25) is 0 Å². The highest BCUT2D eigenvalue weighted by molar-refractivity contribution is 9.10. The van der Waals surface area contributed by atoms with Crippen molar-refractivity contribution in [3.05, 3.63) is 22.9 Å². The van der Waals surface area contributed by atoms with Crippen LogP contribution in [0.2, 0.25) is 0 Å². The Hall–Kier alpha value is -0.480. The molecule has 12 heavy (non-hydrogen) atoms. The van der Waals surface area contributed by atoms with Crippen LogP contribution in [0.4, 0.5) is 0 Å². The maximum absolute atomic E-state index is 4.18. The van der Waals surface area contributed by atoms with Crippen molar-refractivity contribution in [3.63, 3.8) is 0 Å². The van der Waals surface area contributed by atoms with Gasteiger partial charge < -0.3 is 4.98 Å². The molecule has 0 radical (unpaired) electrons. The van der Waals surface area contributed by atoms with Gasteiger partial charge in [0, 0.05) is 9.37 Å². The second-order valence-corrected chi connectivity index (χ2v) is 4.14. The van der Waals surface area contributed by atoms with E-state index in [1.165, 1.54) is 4.90 Å². The van der Waals surface area contributed by atoms with Gasteiger partial charge in [0.05, 0.1) is 11.8 Å². The minimum atomic E-state index is 0.993. The molecule has 2 rings (SSSR count). The van der Waals surface area contributed by atoms with Crippen LogP contribution < -0.4 is 0 Å². The summed E-state index contributed by atoms with van der Waals surface area (Å²) in [7, 11) is 0. The maximum atomic E-state index is 4.18. The average Bonchev–Trinajstić information content (AvgIpc) is 2.52. The molecule has 1 N–H and O–H groups in total. The average molecular weight is 243 g/mol. The number of imidazole rings is 1. The zero-order valence-corrected chi connectivity index (χ0v) is 8.87. The van der Waals surface area contributed by atoms with Crippen molar-refractivity contribution in [2.45, 2.75) is 4.90 Å². The van der Waals surface area contributed by atoms with Crippen LogP contribution >= 0.6 is 27.7 Å². The first-order valence-corrected chi connectivity index (χ1v) is 5.49. The SMILES string of the molecule is CSc1cc(Br)c2nc[nH]c2c1. The lowest BCUT2D eigenvalue weighted by atomic mass is 10.3. The molecule has 0 saturated heterocycles. The number of fused-ring (bicyclic) bond motifs is 1. The second kappa shape index (κ2) is 3.11. The smallest absolute Gasteiger partial charge is 0.102 e. The highest BCUT2D eigenvalue weighted by Gasteiger charge is 2.02. The van der Waals surface area contributed by atoms with Crippen LogP contribution in [0.5, 0.6) is 0 Å². The topological polar surface area (TPSA) is 28.7 Å². The van der Waals surface area contributed by atoms with Crippen molar-refractivity contribution in [1.29, 1.82) is 0 Å². The molecule has 0 aliphatic heterocycles. The molecular weight excluding hydrogens is 236 g/mol. The normalized spacial score (nSPS) is 10.8. The van der Waals surface area contributed by atoms with Gasteiger partial charge in [0.2, 0.25) is 0 Å². The molecular formula is C8H7BrN2S. The predicted molar refractivity (Wildman–Crippen MR) is 55.6 cm³/mol. The van der Waals surface area contributed by atoms with Crippen molar-refractivity contribution < 1.29 is 0 Å². The van der Waals surface area contributed by atoms with Crippen LogP contribution in [0.3, 0.4) is 0 Å². The fraction of sp³-hybridized carbons (Fsp3) is 0.125. The van der Waals surface area contributed by atoms with Gasteiger partial charge in [-0.25, -0.2) is 4.98 Å². The highest BCUT2D eigenvalue weighted by Crippen LogP contribution is 2.27. The first-order valence-electron chi connectivity index (χ1n) is 3.48. The van der Waals surface area contributed by atoms with Crippen LogP contribution in [0.15, 0.2) is 27.8 Å². The molecule has 0 unspecified atom stereocenters. The summed E-state index contributed by atoms with van der Waals surface area (Å²) in [5, 5.41) is 0. The number of aromatic nitrogens is 2. The number of nitrogens with zero attached hydrogens (tertiary/aromatic N) is 1. The minimum absolute atomic E-state index is 0.993. The van der Waals surface area contributed by atoms with E-state index in [4.69, 9.17) is 0 Å². The zero-order valence-electron chi connectivity index (χ0n) is 6.47. The van der Waals surface area contributed by atoms with Crippen LogP contribution in [0, 0.1) is 0 Å². The fourth-order valence-electron chi connectivity index (χ4n) is 1.10. The lowest BCUT2D eigenvalue weighted by Gasteiger charge is -1.97. The van der Waals surface area contributed by atoms with E-state index in [2.05, 4.69) is 44.3 Å². The van der Waals surface area contributed by atoms with Gasteiger partial charge in [-0.15, -0.1) is 11.8 Å². The van der Waals surface area contributed by atoms with Crippen LogP contribution in [-0.4, -0.2) is 16.2 Å². The van der Waals surface area contributed by atoms with E-state index in [0.29, 0.717) is 0 Å². The lowest BCUT2D eigenvalue weighted by molar-refractivity contribution is 1.34. The molecule has 62 valence electrons.